The minimum atomic E-state index is -4.38. The monoisotopic (exact) mass is 493 g/mol. The fourth-order valence-corrected chi connectivity index (χ4v) is 3.93. The Labute approximate surface area is 202 Å². The number of nitrogens with one attached hydrogen (secondary N) is 1. The van der Waals surface area contributed by atoms with Gasteiger partial charge in [0.25, 0.3) is 5.91 Å². The first-order chi connectivity index (χ1) is 16.7. The summed E-state index contributed by atoms with van der Waals surface area (Å²) in [6.07, 6.45) is -2.75. The highest BCUT2D eigenvalue weighted by atomic mass is 19.4. The molecule has 1 aliphatic rings. The topological polar surface area (TPSA) is 71.1 Å². The molecule has 35 heavy (non-hydrogen) atoms. The van der Waals surface area contributed by atoms with E-state index in [9.17, 15) is 22.8 Å². The average molecular weight is 494 g/mol. The van der Waals surface area contributed by atoms with E-state index < -0.39 is 11.7 Å². The molecule has 0 unspecified atom stereocenters. The highest BCUT2D eigenvalue weighted by Gasteiger charge is 2.31. The number of hydrogen-bond donors (Lipinski definition) is 1. The van der Waals surface area contributed by atoms with Gasteiger partial charge in [0.1, 0.15) is 0 Å². The maximum Gasteiger partial charge on any atom is 0.416 e. The summed E-state index contributed by atoms with van der Waals surface area (Å²) in [4.78, 5) is 28.5. The Hall–Kier alpha value is -3.43. The third-order valence-corrected chi connectivity index (χ3v) is 5.92. The molecule has 0 saturated carbocycles. The number of piperazine rings is 1. The fourth-order valence-electron chi connectivity index (χ4n) is 3.93. The Bertz CT molecular complexity index is 1020. The molecule has 0 bridgehead atoms. The van der Waals surface area contributed by atoms with Crippen molar-refractivity contribution >= 4 is 17.5 Å². The van der Waals surface area contributed by atoms with Gasteiger partial charge in [0.05, 0.1) is 19.8 Å². The van der Waals surface area contributed by atoms with Gasteiger partial charge in [0, 0.05) is 50.4 Å². The Morgan fingerprint density at radius 2 is 1.66 bits per heavy atom. The molecule has 1 saturated heterocycles. The van der Waals surface area contributed by atoms with Crippen LogP contribution in [0.1, 0.15) is 35.2 Å². The van der Waals surface area contributed by atoms with Crippen LogP contribution < -0.4 is 19.7 Å². The van der Waals surface area contributed by atoms with E-state index in [4.69, 9.17) is 9.47 Å². The number of halogens is 3. The van der Waals surface area contributed by atoms with Crippen molar-refractivity contribution in [1.29, 1.82) is 0 Å². The number of nitrogens with zero attached hydrogens (tertiary/aromatic N) is 2. The summed E-state index contributed by atoms with van der Waals surface area (Å²) in [7, 11) is 3.02. The quantitative estimate of drug-likeness (QED) is 0.536. The van der Waals surface area contributed by atoms with Crippen LogP contribution in [0.3, 0.4) is 0 Å². The van der Waals surface area contributed by atoms with E-state index in [1.165, 1.54) is 20.3 Å². The second-order valence-corrected chi connectivity index (χ2v) is 8.20. The number of amides is 2. The summed E-state index contributed by atoms with van der Waals surface area (Å²) in [6.45, 7) is 2.32. The molecule has 190 valence electrons. The number of rotatable bonds is 9. The first-order valence-electron chi connectivity index (χ1n) is 11.4. The van der Waals surface area contributed by atoms with E-state index in [2.05, 4.69) is 5.32 Å². The fraction of sp³-hybridized carbons (Fsp3) is 0.440. The van der Waals surface area contributed by atoms with Gasteiger partial charge < -0.3 is 24.6 Å². The lowest BCUT2D eigenvalue weighted by Gasteiger charge is -2.36. The van der Waals surface area contributed by atoms with Crippen LogP contribution in [0.15, 0.2) is 42.5 Å². The number of carbonyl (C=O) groups excluding carboxylic acids is 2. The molecule has 1 heterocycles. The maximum absolute atomic E-state index is 13.0. The molecule has 1 fully saturated rings. The summed E-state index contributed by atoms with van der Waals surface area (Å²) in [5, 5.41) is 2.83. The lowest BCUT2D eigenvalue weighted by atomic mass is 10.1. The molecule has 1 N–H and O–H groups in total. The molecular weight excluding hydrogens is 463 g/mol. The van der Waals surface area contributed by atoms with E-state index >= 15 is 0 Å². The molecule has 0 atom stereocenters. The third kappa shape index (κ3) is 7.03. The number of methoxy groups -OCH3 is 2. The normalized spacial score (nSPS) is 14.0. The molecule has 3 rings (SSSR count). The van der Waals surface area contributed by atoms with Gasteiger partial charge in [-0.3, -0.25) is 9.59 Å². The van der Waals surface area contributed by atoms with E-state index in [1.54, 1.807) is 29.2 Å². The highest BCUT2D eigenvalue weighted by Crippen LogP contribution is 2.32. The SMILES string of the molecule is COc1ccc(C(=O)NCCCCC(=O)N2CCN(c3cccc(C(F)(F)F)c3)CC2)cc1OC. The summed E-state index contributed by atoms with van der Waals surface area (Å²) in [5.74, 6) is 0.792. The molecule has 0 spiro atoms. The molecule has 0 aromatic heterocycles. The van der Waals surface area contributed by atoms with Crippen LogP contribution in [0.5, 0.6) is 11.5 Å². The molecule has 0 radical (unpaired) electrons. The second-order valence-electron chi connectivity index (χ2n) is 8.20. The summed E-state index contributed by atoms with van der Waals surface area (Å²) in [6, 6.07) is 10.2. The van der Waals surface area contributed by atoms with Crippen LogP contribution in [0.2, 0.25) is 0 Å². The molecular formula is C25H30F3N3O4. The standard InChI is InChI=1S/C25H30F3N3O4/c1-34-21-10-9-18(16-22(21)35-2)24(33)29-11-4-3-8-23(32)31-14-12-30(13-15-31)20-7-5-6-19(17-20)25(26,27)28/h5-7,9-10,16-17H,3-4,8,11-15H2,1-2H3,(H,29,33). The van der Waals surface area contributed by atoms with Gasteiger partial charge in [0.2, 0.25) is 5.91 Å². The highest BCUT2D eigenvalue weighted by molar-refractivity contribution is 5.94. The van der Waals surface area contributed by atoms with E-state index in [1.807, 2.05) is 4.90 Å². The van der Waals surface area contributed by atoms with Gasteiger partial charge in [-0.2, -0.15) is 13.2 Å². The molecule has 1 aliphatic heterocycles. The zero-order valence-corrected chi connectivity index (χ0v) is 19.9. The van der Waals surface area contributed by atoms with Crippen LogP contribution in [0.25, 0.3) is 0 Å². The number of benzene rings is 2. The predicted octanol–water partition coefficient (Wildman–Crippen LogP) is 3.97. The van der Waals surface area contributed by atoms with Gasteiger partial charge in [-0.25, -0.2) is 0 Å². The Morgan fingerprint density at radius 1 is 0.943 bits per heavy atom. The lowest BCUT2D eigenvalue weighted by Crippen LogP contribution is -2.48. The van der Waals surface area contributed by atoms with Crippen LogP contribution in [-0.4, -0.2) is 63.7 Å². The lowest BCUT2D eigenvalue weighted by molar-refractivity contribution is -0.137. The summed E-state index contributed by atoms with van der Waals surface area (Å²) >= 11 is 0. The average Bonchev–Trinajstić information content (AvgIpc) is 2.87. The van der Waals surface area contributed by atoms with E-state index in [0.717, 1.165) is 12.1 Å². The minimum Gasteiger partial charge on any atom is -0.493 e. The predicted molar refractivity (Wildman–Crippen MR) is 126 cm³/mol. The van der Waals surface area contributed by atoms with E-state index in [-0.39, 0.29) is 11.8 Å². The van der Waals surface area contributed by atoms with Crippen LogP contribution >= 0.6 is 0 Å². The van der Waals surface area contributed by atoms with Crippen molar-refractivity contribution in [2.45, 2.75) is 25.4 Å². The van der Waals surface area contributed by atoms with Crippen molar-refractivity contribution in [1.82, 2.24) is 10.2 Å². The largest absolute Gasteiger partial charge is 0.493 e. The molecule has 0 aliphatic carbocycles. The van der Waals surface area contributed by atoms with Crippen LogP contribution in [0.4, 0.5) is 18.9 Å². The van der Waals surface area contributed by atoms with Crippen molar-refractivity contribution < 1.29 is 32.2 Å². The summed E-state index contributed by atoms with van der Waals surface area (Å²) < 4.78 is 49.3. The minimum absolute atomic E-state index is 0.0138. The second kappa shape index (κ2) is 11.8. The van der Waals surface area contributed by atoms with Crippen molar-refractivity contribution in [3.05, 3.63) is 53.6 Å². The zero-order valence-electron chi connectivity index (χ0n) is 19.9. The molecule has 2 aromatic carbocycles. The van der Waals surface area contributed by atoms with Gasteiger partial charge in [-0.1, -0.05) is 6.07 Å². The number of unbranched alkanes of at least 4 members (excludes halogenated alkanes) is 1. The Kier molecular flexibility index (Phi) is 8.84. The molecule has 10 heteroatoms. The number of alkyl halides is 3. The van der Waals surface area contributed by atoms with Gasteiger partial charge in [0.15, 0.2) is 11.5 Å². The number of ether oxygens (including phenoxy) is 2. The van der Waals surface area contributed by atoms with E-state index in [0.29, 0.717) is 74.7 Å². The van der Waals surface area contributed by atoms with Gasteiger partial charge >= 0.3 is 6.18 Å². The first kappa shape index (κ1) is 26.2. The Morgan fingerprint density at radius 3 is 2.31 bits per heavy atom. The van der Waals surface area contributed by atoms with Crippen LogP contribution in [-0.2, 0) is 11.0 Å². The molecule has 2 aromatic rings. The smallest absolute Gasteiger partial charge is 0.416 e. The van der Waals surface area contributed by atoms with Crippen molar-refractivity contribution in [3.8, 4) is 11.5 Å². The molecule has 7 nitrogen and oxygen atoms in total. The van der Waals surface area contributed by atoms with Crippen LogP contribution in [0, 0.1) is 0 Å². The number of hydrogen-bond acceptors (Lipinski definition) is 5. The zero-order chi connectivity index (χ0) is 25.4. The van der Waals surface area contributed by atoms with Gasteiger partial charge in [-0.05, 0) is 49.2 Å². The first-order valence-corrected chi connectivity index (χ1v) is 11.4. The maximum atomic E-state index is 13.0. The molecule has 2 amide bonds. The number of anilines is 1. The van der Waals surface area contributed by atoms with Crippen molar-refractivity contribution in [2.75, 3.05) is 51.8 Å². The van der Waals surface area contributed by atoms with Gasteiger partial charge in [-0.15, -0.1) is 0 Å². The Balaban J connectivity index is 1.37. The van der Waals surface area contributed by atoms with Crippen molar-refractivity contribution in [3.63, 3.8) is 0 Å². The van der Waals surface area contributed by atoms with Crippen molar-refractivity contribution in [2.24, 2.45) is 0 Å². The third-order valence-electron chi connectivity index (χ3n) is 5.92. The summed E-state index contributed by atoms with van der Waals surface area (Å²) in [5.41, 5.74) is 0.293. The number of carbonyl (C=O) groups is 2.